The van der Waals surface area contributed by atoms with E-state index >= 15 is 0 Å². The fraction of sp³-hybridized carbons (Fsp3) is 0.500. The number of piperazine rings is 1. The number of hydrogen-bond donors (Lipinski definition) is 0. The lowest BCUT2D eigenvalue weighted by Crippen LogP contribution is -2.50. The zero-order chi connectivity index (χ0) is 14.4. The van der Waals surface area contributed by atoms with E-state index in [2.05, 4.69) is 4.98 Å². The van der Waals surface area contributed by atoms with E-state index in [0.717, 1.165) is 0 Å². The van der Waals surface area contributed by atoms with Crippen molar-refractivity contribution in [1.82, 2.24) is 14.8 Å². The van der Waals surface area contributed by atoms with E-state index in [1.54, 1.807) is 36.4 Å². The van der Waals surface area contributed by atoms with Crippen LogP contribution < -0.4 is 0 Å². The summed E-state index contributed by atoms with van der Waals surface area (Å²) in [5, 5.41) is 0. The molecule has 1 amide bonds. The van der Waals surface area contributed by atoms with Gasteiger partial charge in [0.15, 0.2) is 0 Å². The Bertz CT molecular complexity index is 456. The van der Waals surface area contributed by atoms with Crippen LogP contribution in [0.2, 0.25) is 0 Å². The van der Waals surface area contributed by atoms with Gasteiger partial charge in [-0.3, -0.25) is 19.5 Å². The van der Waals surface area contributed by atoms with E-state index < -0.39 is 0 Å². The summed E-state index contributed by atoms with van der Waals surface area (Å²) in [4.78, 5) is 31.4. The van der Waals surface area contributed by atoms with Crippen LogP contribution >= 0.6 is 0 Å². The summed E-state index contributed by atoms with van der Waals surface area (Å²) in [7, 11) is 0. The van der Waals surface area contributed by atoms with Gasteiger partial charge in [-0.25, -0.2) is 0 Å². The lowest BCUT2D eigenvalue weighted by molar-refractivity contribution is -0.144. The average Bonchev–Trinajstić information content (AvgIpc) is 2.48. The number of carbonyl (C=O) groups excluding carboxylic acids is 2. The molecule has 1 aromatic rings. The second kappa shape index (κ2) is 7.00. The molecule has 0 aliphatic carbocycles. The SMILES string of the molecule is CCOC(=O)CN1CCN(C(=O)c2cccnc2)CC1. The van der Waals surface area contributed by atoms with Crippen molar-refractivity contribution in [2.45, 2.75) is 6.92 Å². The van der Waals surface area contributed by atoms with Gasteiger partial charge in [0.2, 0.25) is 0 Å². The quantitative estimate of drug-likeness (QED) is 0.746. The topological polar surface area (TPSA) is 62.7 Å². The predicted molar refractivity (Wildman–Crippen MR) is 73.2 cm³/mol. The highest BCUT2D eigenvalue weighted by Gasteiger charge is 2.23. The van der Waals surface area contributed by atoms with Gasteiger partial charge in [-0.1, -0.05) is 0 Å². The first-order valence-corrected chi connectivity index (χ1v) is 6.78. The Labute approximate surface area is 118 Å². The molecule has 1 aromatic heterocycles. The number of aromatic nitrogens is 1. The highest BCUT2D eigenvalue weighted by molar-refractivity contribution is 5.93. The first-order chi connectivity index (χ1) is 9.70. The Balaban J connectivity index is 1.82. The summed E-state index contributed by atoms with van der Waals surface area (Å²) in [6, 6.07) is 3.52. The normalized spacial score (nSPS) is 15.9. The Morgan fingerprint density at radius 3 is 2.65 bits per heavy atom. The molecule has 1 fully saturated rings. The van der Waals surface area contributed by atoms with Gasteiger partial charge in [-0.15, -0.1) is 0 Å². The number of ether oxygens (including phenoxy) is 1. The summed E-state index contributed by atoms with van der Waals surface area (Å²) in [6.07, 6.45) is 3.22. The molecule has 0 bridgehead atoms. The summed E-state index contributed by atoms with van der Waals surface area (Å²) in [5.41, 5.74) is 0.603. The number of rotatable bonds is 4. The van der Waals surface area contributed by atoms with E-state index in [0.29, 0.717) is 44.9 Å². The summed E-state index contributed by atoms with van der Waals surface area (Å²) >= 11 is 0. The van der Waals surface area contributed by atoms with Crippen LogP contribution in [0.5, 0.6) is 0 Å². The third-order valence-corrected chi connectivity index (χ3v) is 3.23. The number of pyridine rings is 1. The molecule has 2 heterocycles. The van der Waals surface area contributed by atoms with Gasteiger partial charge in [-0.2, -0.15) is 0 Å². The van der Waals surface area contributed by atoms with Crippen LogP contribution in [0.3, 0.4) is 0 Å². The summed E-state index contributed by atoms with van der Waals surface area (Å²) < 4.78 is 4.92. The first-order valence-electron chi connectivity index (χ1n) is 6.78. The molecule has 108 valence electrons. The maximum atomic E-state index is 12.2. The van der Waals surface area contributed by atoms with Crippen LogP contribution in [0.1, 0.15) is 17.3 Å². The van der Waals surface area contributed by atoms with Crippen LogP contribution in [0.15, 0.2) is 24.5 Å². The predicted octanol–water partition coefficient (Wildman–Crippen LogP) is 0.402. The minimum atomic E-state index is -0.209. The summed E-state index contributed by atoms with van der Waals surface area (Å²) in [5.74, 6) is -0.214. The molecule has 0 radical (unpaired) electrons. The second-order valence-corrected chi connectivity index (χ2v) is 4.62. The molecule has 0 atom stereocenters. The van der Waals surface area contributed by atoms with Gasteiger partial charge < -0.3 is 9.64 Å². The van der Waals surface area contributed by atoms with E-state index in [1.807, 2.05) is 4.90 Å². The highest BCUT2D eigenvalue weighted by atomic mass is 16.5. The van der Waals surface area contributed by atoms with Crippen molar-refractivity contribution in [3.63, 3.8) is 0 Å². The molecule has 20 heavy (non-hydrogen) atoms. The molecule has 1 aliphatic heterocycles. The fourth-order valence-electron chi connectivity index (χ4n) is 2.17. The number of hydrogen-bond acceptors (Lipinski definition) is 5. The Morgan fingerprint density at radius 2 is 2.05 bits per heavy atom. The molecule has 1 aliphatic rings. The fourth-order valence-corrected chi connectivity index (χ4v) is 2.17. The molecule has 1 saturated heterocycles. The molecule has 0 unspecified atom stereocenters. The van der Waals surface area contributed by atoms with Crippen molar-refractivity contribution in [2.24, 2.45) is 0 Å². The third-order valence-electron chi connectivity index (χ3n) is 3.23. The average molecular weight is 277 g/mol. The molecule has 6 nitrogen and oxygen atoms in total. The number of amides is 1. The van der Waals surface area contributed by atoms with Crippen LogP contribution in [0.25, 0.3) is 0 Å². The zero-order valence-corrected chi connectivity index (χ0v) is 11.6. The molecule has 0 saturated carbocycles. The van der Waals surface area contributed by atoms with E-state index in [1.165, 1.54) is 0 Å². The maximum Gasteiger partial charge on any atom is 0.320 e. The standard InChI is InChI=1S/C14H19N3O3/c1-2-20-13(18)11-16-6-8-17(9-7-16)14(19)12-4-3-5-15-10-12/h3-5,10H,2,6-9,11H2,1H3. The van der Waals surface area contributed by atoms with Crippen LogP contribution in [0, 0.1) is 0 Å². The lowest BCUT2D eigenvalue weighted by atomic mass is 10.2. The Hall–Kier alpha value is -1.95. The largest absolute Gasteiger partial charge is 0.465 e. The molecular formula is C14H19N3O3. The Kier molecular flexibility index (Phi) is 5.06. The Morgan fingerprint density at radius 1 is 1.30 bits per heavy atom. The van der Waals surface area contributed by atoms with Crippen LogP contribution in [0.4, 0.5) is 0 Å². The van der Waals surface area contributed by atoms with Crippen molar-refractivity contribution < 1.29 is 14.3 Å². The van der Waals surface area contributed by atoms with E-state index in [-0.39, 0.29) is 11.9 Å². The molecule has 0 aromatic carbocycles. The van der Waals surface area contributed by atoms with Gasteiger partial charge in [0.05, 0.1) is 18.7 Å². The molecular weight excluding hydrogens is 258 g/mol. The number of esters is 1. The third kappa shape index (κ3) is 3.77. The van der Waals surface area contributed by atoms with E-state index in [4.69, 9.17) is 4.74 Å². The lowest BCUT2D eigenvalue weighted by Gasteiger charge is -2.34. The van der Waals surface area contributed by atoms with Crippen LogP contribution in [-0.2, 0) is 9.53 Å². The monoisotopic (exact) mass is 277 g/mol. The minimum Gasteiger partial charge on any atom is -0.465 e. The van der Waals surface area contributed by atoms with Gasteiger partial charge >= 0.3 is 5.97 Å². The van der Waals surface area contributed by atoms with Crippen molar-refractivity contribution in [3.05, 3.63) is 30.1 Å². The molecule has 0 N–H and O–H groups in total. The minimum absolute atomic E-state index is 0.00566. The molecule has 6 heteroatoms. The van der Waals surface area contributed by atoms with Gasteiger partial charge in [0.25, 0.3) is 5.91 Å². The smallest absolute Gasteiger partial charge is 0.320 e. The number of nitrogens with zero attached hydrogens (tertiary/aromatic N) is 3. The summed E-state index contributed by atoms with van der Waals surface area (Å²) in [6.45, 7) is 5.10. The van der Waals surface area contributed by atoms with Gasteiger partial charge in [0, 0.05) is 38.6 Å². The van der Waals surface area contributed by atoms with Crippen molar-refractivity contribution in [3.8, 4) is 0 Å². The molecule has 0 spiro atoms. The second-order valence-electron chi connectivity index (χ2n) is 4.62. The first kappa shape index (κ1) is 14.5. The van der Waals surface area contributed by atoms with Gasteiger partial charge in [0.1, 0.15) is 0 Å². The van der Waals surface area contributed by atoms with Crippen molar-refractivity contribution in [2.75, 3.05) is 39.3 Å². The van der Waals surface area contributed by atoms with Crippen molar-refractivity contribution in [1.29, 1.82) is 0 Å². The molecule has 2 rings (SSSR count). The maximum absolute atomic E-state index is 12.2. The van der Waals surface area contributed by atoms with Gasteiger partial charge in [-0.05, 0) is 19.1 Å². The zero-order valence-electron chi connectivity index (χ0n) is 11.6. The number of carbonyl (C=O) groups is 2. The van der Waals surface area contributed by atoms with Crippen molar-refractivity contribution >= 4 is 11.9 Å². The highest BCUT2D eigenvalue weighted by Crippen LogP contribution is 2.07. The van der Waals surface area contributed by atoms with E-state index in [9.17, 15) is 9.59 Å². The van der Waals surface area contributed by atoms with Crippen LogP contribution in [-0.4, -0.2) is 66.0 Å².